The van der Waals surface area contributed by atoms with E-state index in [0.717, 1.165) is 15.4 Å². The highest BCUT2D eigenvalue weighted by atomic mass is 32.2. The van der Waals surface area contributed by atoms with Crippen molar-refractivity contribution in [2.75, 3.05) is 0 Å². The van der Waals surface area contributed by atoms with Crippen LogP contribution in [-0.2, 0) is 11.3 Å². The zero-order valence-corrected chi connectivity index (χ0v) is 12.0. The molecule has 21 heavy (non-hydrogen) atoms. The lowest BCUT2D eigenvalue weighted by Gasteiger charge is -2.05. The van der Waals surface area contributed by atoms with Crippen LogP contribution in [0.15, 0.2) is 58.3 Å². The Kier molecular flexibility index (Phi) is 5.35. The lowest BCUT2D eigenvalue weighted by Crippen LogP contribution is -2.21. The molecule has 2 aromatic carbocycles. The van der Waals surface area contributed by atoms with Crippen LogP contribution in [0.25, 0.3) is 0 Å². The van der Waals surface area contributed by atoms with Gasteiger partial charge in [0, 0.05) is 16.3 Å². The topological polar surface area (TPSA) is 52.9 Å². The van der Waals surface area contributed by atoms with Gasteiger partial charge in [0.2, 0.25) is 5.91 Å². The Morgan fingerprint density at radius 1 is 1.10 bits per heavy atom. The first-order chi connectivity index (χ1) is 10.2. The second-order valence-corrected chi connectivity index (χ2v) is 5.46. The van der Waals surface area contributed by atoms with Crippen molar-refractivity contribution in [1.82, 2.24) is 5.32 Å². The Hall–Kier alpha value is -2.32. The van der Waals surface area contributed by atoms with Crippen LogP contribution in [0, 0.1) is 17.1 Å². The fraction of sp³-hybridized carbons (Fsp3) is 0.125. The van der Waals surface area contributed by atoms with Crippen molar-refractivity contribution in [3.05, 3.63) is 59.9 Å². The monoisotopic (exact) mass is 300 g/mol. The first-order valence-electron chi connectivity index (χ1n) is 6.33. The summed E-state index contributed by atoms with van der Waals surface area (Å²) < 4.78 is 12.8. The second-order valence-electron chi connectivity index (χ2n) is 4.31. The quantitative estimate of drug-likeness (QED) is 0.919. The Morgan fingerprint density at radius 2 is 1.67 bits per heavy atom. The van der Waals surface area contributed by atoms with E-state index in [1.54, 1.807) is 30.0 Å². The molecule has 5 heteroatoms. The largest absolute Gasteiger partial charge is 0.351 e. The summed E-state index contributed by atoms with van der Waals surface area (Å²) in [5, 5.41) is 11.1. The Labute approximate surface area is 126 Å². The highest BCUT2D eigenvalue weighted by molar-refractivity contribution is 7.99. The molecule has 0 aliphatic carbocycles. The summed E-state index contributed by atoms with van der Waals surface area (Å²) in [4.78, 5) is 13.2. The molecule has 106 valence electrons. The highest BCUT2D eigenvalue weighted by Crippen LogP contribution is 2.27. The molecule has 0 heterocycles. The van der Waals surface area contributed by atoms with E-state index in [9.17, 15) is 9.18 Å². The molecular formula is C16H13FN2OS. The number of hydrogen-bond donors (Lipinski definition) is 1. The number of nitrogens with one attached hydrogen (secondary N) is 1. The molecule has 1 amide bonds. The molecule has 0 aliphatic heterocycles. The van der Waals surface area contributed by atoms with Crippen LogP contribution < -0.4 is 5.32 Å². The average Bonchev–Trinajstić information content (AvgIpc) is 2.49. The fourth-order valence-electron chi connectivity index (χ4n) is 1.65. The van der Waals surface area contributed by atoms with E-state index >= 15 is 0 Å². The van der Waals surface area contributed by atoms with Crippen LogP contribution in [0.3, 0.4) is 0 Å². The number of benzene rings is 2. The van der Waals surface area contributed by atoms with Gasteiger partial charge in [-0.05, 0) is 42.0 Å². The molecule has 0 fully saturated rings. The summed E-state index contributed by atoms with van der Waals surface area (Å²) in [6.45, 7) is 0.405. The molecule has 0 radical (unpaired) electrons. The zero-order chi connectivity index (χ0) is 15.1. The van der Waals surface area contributed by atoms with Crippen molar-refractivity contribution in [3.63, 3.8) is 0 Å². The highest BCUT2D eigenvalue weighted by Gasteiger charge is 2.01. The average molecular weight is 300 g/mol. The maximum Gasteiger partial charge on any atom is 0.234 e. The predicted octanol–water partition coefficient (Wildman–Crippen LogP) is 3.51. The van der Waals surface area contributed by atoms with Gasteiger partial charge >= 0.3 is 0 Å². The van der Waals surface area contributed by atoms with Gasteiger partial charge in [-0.3, -0.25) is 4.79 Å². The van der Waals surface area contributed by atoms with Crippen LogP contribution in [0.2, 0.25) is 0 Å². The first-order valence-corrected chi connectivity index (χ1v) is 7.15. The van der Waals surface area contributed by atoms with E-state index in [4.69, 9.17) is 5.26 Å². The van der Waals surface area contributed by atoms with Crippen LogP contribution in [0.1, 0.15) is 12.0 Å². The van der Waals surface area contributed by atoms with Gasteiger partial charge in [0.15, 0.2) is 0 Å². The number of nitriles is 1. The van der Waals surface area contributed by atoms with Gasteiger partial charge in [-0.25, -0.2) is 4.39 Å². The molecule has 0 aliphatic rings. The minimum absolute atomic E-state index is 0.126. The molecule has 0 unspecified atom stereocenters. The second kappa shape index (κ2) is 7.46. The maximum atomic E-state index is 12.8. The summed E-state index contributed by atoms with van der Waals surface area (Å²) in [5.74, 6) is -0.523. The Balaban J connectivity index is 1.91. The molecule has 0 atom stereocenters. The third kappa shape index (κ3) is 4.93. The maximum absolute atomic E-state index is 12.8. The summed E-state index contributed by atoms with van der Waals surface area (Å²) >= 11 is 1.54. The molecule has 0 saturated heterocycles. The van der Waals surface area contributed by atoms with Crippen molar-refractivity contribution in [2.24, 2.45) is 0 Å². The van der Waals surface area contributed by atoms with E-state index in [-0.39, 0.29) is 18.1 Å². The zero-order valence-electron chi connectivity index (χ0n) is 11.2. The van der Waals surface area contributed by atoms with Gasteiger partial charge < -0.3 is 5.32 Å². The lowest BCUT2D eigenvalue weighted by molar-refractivity contribution is -0.120. The third-order valence-electron chi connectivity index (χ3n) is 2.70. The molecule has 0 saturated carbocycles. The molecule has 0 aromatic heterocycles. The predicted molar refractivity (Wildman–Crippen MR) is 79.0 cm³/mol. The van der Waals surface area contributed by atoms with Gasteiger partial charge in [-0.15, -0.1) is 0 Å². The minimum atomic E-state index is -0.276. The minimum Gasteiger partial charge on any atom is -0.351 e. The van der Waals surface area contributed by atoms with Crippen molar-refractivity contribution in [3.8, 4) is 6.07 Å². The summed E-state index contributed by atoms with van der Waals surface area (Å²) in [6.07, 6.45) is -0.126. The number of amides is 1. The summed E-state index contributed by atoms with van der Waals surface area (Å²) in [5.41, 5.74) is 0.963. The summed E-state index contributed by atoms with van der Waals surface area (Å²) in [7, 11) is 0. The van der Waals surface area contributed by atoms with Crippen LogP contribution in [0.5, 0.6) is 0 Å². The molecule has 0 spiro atoms. The number of nitrogens with zero attached hydrogens (tertiary/aromatic N) is 1. The smallest absolute Gasteiger partial charge is 0.234 e. The van der Waals surface area contributed by atoms with Crippen LogP contribution in [-0.4, -0.2) is 5.91 Å². The van der Waals surface area contributed by atoms with Crippen molar-refractivity contribution < 1.29 is 9.18 Å². The van der Waals surface area contributed by atoms with Gasteiger partial charge in [0.25, 0.3) is 0 Å². The van der Waals surface area contributed by atoms with Gasteiger partial charge in [-0.1, -0.05) is 23.9 Å². The van der Waals surface area contributed by atoms with E-state index in [2.05, 4.69) is 5.32 Å². The standard InChI is InChI=1S/C16H13FN2OS/c17-13-3-7-15(8-4-13)21-14-5-1-12(2-6-14)11-19-16(20)9-10-18/h1-8H,9,11H2,(H,19,20). The van der Waals surface area contributed by atoms with Crippen molar-refractivity contribution in [2.45, 2.75) is 22.8 Å². The van der Waals surface area contributed by atoms with E-state index in [1.165, 1.54) is 12.1 Å². The molecule has 0 bridgehead atoms. The third-order valence-corrected chi connectivity index (χ3v) is 3.72. The Morgan fingerprint density at radius 3 is 2.24 bits per heavy atom. The number of hydrogen-bond acceptors (Lipinski definition) is 3. The van der Waals surface area contributed by atoms with Gasteiger partial charge in [0.1, 0.15) is 12.2 Å². The van der Waals surface area contributed by atoms with E-state index < -0.39 is 0 Å². The molecular weight excluding hydrogens is 287 g/mol. The lowest BCUT2D eigenvalue weighted by atomic mass is 10.2. The van der Waals surface area contributed by atoms with E-state index in [1.807, 2.05) is 24.3 Å². The molecule has 2 aromatic rings. The Bertz CT molecular complexity index is 647. The fourth-order valence-corrected chi connectivity index (χ4v) is 2.47. The number of halogens is 1. The van der Waals surface area contributed by atoms with E-state index in [0.29, 0.717) is 6.54 Å². The number of carbonyl (C=O) groups is 1. The molecule has 1 N–H and O–H groups in total. The molecule has 2 rings (SSSR count). The van der Waals surface area contributed by atoms with Crippen molar-refractivity contribution >= 4 is 17.7 Å². The van der Waals surface area contributed by atoms with Gasteiger partial charge in [-0.2, -0.15) is 5.26 Å². The van der Waals surface area contributed by atoms with Crippen molar-refractivity contribution in [1.29, 1.82) is 5.26 Å². The number of rotatable bonds is 5. The summed E-state index contributed by atoms with van der Waals surface area (Å²) in [6, 6.07) is 15.8. The van der Waals surface area contributed by atoms with Crippen LogP contribution >= 0.6 is 11.8 Å². The normalized spacial score (nSPS) is 9.90. The molecule has 3 nitrogen and oxygen atoms in total. The van der Waals surface area contributed by atoms with Gasteiger partial charge in [0.05, 0.1) is 6.07 Å². The van der Waals surface area contributed by atoms with Crippen LogP contribution in [0.4, 0.5) is 4.39 Å². The SMILES string of the molecule is N#CCC(=O)NCc1ccc(Sc2ccc(F)cc2)cc1. The number of carbonyl (C=O) groups excluding carboxylic acids is 1. The first kappa shape index (κ1) is 15.1.